The molecule has 0 fully saturated rings. The zero-order chi connectivity index (χ0) is 12.4. The minimum absolute atomic E-state index is 0.428. The molecule has 0 bridgehead atoms. The van der Waals surface area contributed by atoms with E-state index in [1.54, 1.807) is 13.8 Å². The van der Waals surface area contributed by atoms with Gasteiger partial charge in [0.25, 0.3) is 5.91 Å². The molecule has 0 rings (SSSR count). The average molecular weight is 231 g/mol. The van der Waals surface area contributed by atoms with E-state index in [4.69, 9.17) is 4.74 Å². The lowest BCUT2D eigenvalue weighted by Gasteiger charge is -2.12. The van der Waals surface area contributed by atoms with E-state index in [0.29, 0.717) is 19.7 Å². The average Bonchev–Trinajstić information content (AvgIpc) is 2.24. The summed E-state index contributed by atoms with van der Waals surface area (Å²) in [5.74, 6) is -0.428. The minimum atomic E-state index is -0.624. The topological polar surface area (TPSA) is 79.5 Å². The Bertz CT molecular complexity index is 221. The molecule has 0 heterocycles. The van der Waals surface area contributed by atoms with E-state index in [9.17, 15) is 9.59 Å². The molecule has 0 aromatic heterocycles. The lowest BCUT2D eigenvalue weighted by Crippen LogP contribution is -2.44. The first-order chi connectivity index (χ1) is 7.61. The highest BCUT2D eigenvalue weighted by molar-refractivity contribution is 5.96. The van der Waals surface area contributed by atoms with Crippen LogP contribution in [0.25, 0.3) is 0 Å². The highest BCUT2D eigenvalue weighted by Crippen LogP contribution is 1.89. The number of ether oxygens (including phenoxy) is 1. The van der Waals surface area contributed by atoms with E-state index in [1.807, 2.05) is 6.92 Å². The maximum Gasteiger partial charge on any atom is 0.321 e. The molecule has 1 atom stereocenters. The van der Waals surface area contributed by atoms with Crippen LogP contribution in [0, 0.1) is 0 Å². The lowest BCUT2D eigenvalue weighted by molar-refractivity contribution is -0.130. The van der Waals surface area contributed by atoms with Crippen molar-refractivity contribution in [3.8, 4) is 0 Å². The van der Waals surface area contributed by atoms with Crippen LogP contribution in [0.5, 0.6) is 0 Å². The van der Waals surface area contributed by atoms with Crippen LogP contribution in [-0.2, 0) is 9.53 Å². The van der Waals surface area contributed by atoms with Crippen molar-refractivity contribution in [2.75, 3.05) is 26.2 Å². The summed E-state index contributed by atoms with van der Waals surface area (Å²) in [7, 11) is 0. The maximum atomic E-state index is 11.4. The number of rotatable bonds is 7. The number of carbonyl (C=O) groups is 2. The predicted molar refractivity (Wildman–Crippen MR) is 61.2 cm³/mol. The Morgan fingerprint density at radius 3 is 2.50 bits per heavy atom. The SMILES string of the molecule is CCNCCOC(C)C(=O)NC(=O)NCC. The van der Waals surface area contributed by atoms with E-state index in [0.717, 1.165) is 6.54 Å². The van der Waals surface area contributed by atoms with Gasteiger partial charge in [-0.2, -0.15) is 0 Å². The van der Waals surface area contributed by atoms with Gasteiger partial charge in [0.05, 0.1) is 6.61 Å². The van der Waals surface area contributed by atoms with Gasteiger partial charge >= 0.3 is 6.03 Å². The van der Waals surface area contributed by atoms with Crippen LogP contribution in [0.1, 0.15) is 20.8 Å². The Morgan fingerprint density at radius 1 is 1.25 bits per heavy atom. The molecule has 0 aliphatic rings. The van der Waals surface area contributed by atoms with Gasteiger partial charge in [0.1, 0.15) is 6.10 Å². The molecule has 0 aromatic rings. The Balaban J connectivity index is 3.68. The van der Waals surface area contributed by atoms with Crippen LogP contribution in [0.4, 0.5) is 4.79 Å². The molecule has 0 saturated carbocycles. The van der Waals surface area contributed by atoms with Gasteiger partial charge in [-0.25, -0.2) is 4.79 Å². The molecular weight excluding hydrogens is 210 g/mol. The summed E-state index contributed by atoms with van der Waals surface area (Å²) in [6, 6.07) is -0.491. The van der Waals surface area contributed by atoms with Crippen molar-refractivity contribution >= 4 is 11.9 Å². The van der Waals surface area contributed by atoms with Crippen LogP contribution in [0.2, 0.25) is 0 Å². The molecule has 16 heavy (non-hydrogen) atoms. The number of urea groups is 1. The number of hydrogen-bond donors (Lipinski definition) is 3. The second-order valence-corrected chi connectivity index (χ2v) is 3.22. The fraction of sp³-hybridized carbons (Fsp3) is 0.800. The molecule has 6 heteroatoms. The summed E-state index contributed by atoms with van der Waals surface area (Å²) in [6.45, 7) is 7.86. The van der Waals surface area contributed by atoms with E-state index in [2.05, 4.69) is 16.0 Å². The zero-order valence-electron chi connectivity index (χ0n) is 10.1. The quantitative estimate of drug-likeness (QED) is 0.532. The van der Waals surface area contributed by atoms with Gasteiger partial charge in [-0.15, -0.1) is 0 Å². The van der Waals surface area contributed by atoms with Crippen LogP contribution >= 0.6 is 0 Å². The van der Waals surface area contributed by atoms with Gasteiger partial charge in [-0.05, 0) is 20.4 Å². The van der Waals surface area contributed by atoms with E-state index in [-0.39, 0.29) is 0 Å². The minimum Gasteiger partial charge on any atom is -0.367 e. The van der Waals surface area contributed by atoms with Crippen molar-refractivity contribution in [2.45, 2.75) is 26.9 Å². The number of likely N-dealkylation sites (N-methyl/N-ethyl adjacent to an activating group) is 1. The lowest BCUT2D eigenvalue weighted by atomic mass is 10.4. The maximum absolute atomic E-state index is 11.4. The van der Waals surface area contributed by atoms with Crippen molar-refractivity contribution in [3.63, 3.8) is 0 Å². The summed E-state index contributed by atoms with van der Waals surface area (Å²) in [5.41, 5.74) is 0. The summed E-state index contributed by atoms with van der Waals surface area (Å²) in [4.78, 5) is 22.4. The first kappa shape index (κ1) is 14.9. The van der Waals surface area contributed by atoms with Crippen LogP contribution in [0.15, 0.2) is 0 Å². The normalized spacial score (nSPS) is 11.9. The zero-order valence-corrected chi connectivity index (χ0v) is 10.1. The summed E-state index contributed by atoms with van der Waals surface area (Å²) >= 11 is 0. The fourth-order valence-electron chi connectivity index (χ4n) is 0.979. The van der Waals surface area contributed by atoms with Crippen LogP contribution < -0.4 is 16.0 Å². The van der Waals surface area contributed by atoms with Gasteiger partial charge in [-0.1, -0.05) is 6.92 Å². The van der Waals surface area contributed by atoms with Gasteiger partial charge < -0.3 is 15.4 Å². The summed E-state index contributed by atoms with van der Waals surface area (Å²) in [6.07, 6.45) is -0.624. The molecule has 0 spiro atoms. The standard InChI is InChI=1S/C10H21N3O3/c1-4-11-6-7-16-8(3)9(14)13-10(15)12-5-2/h8,11H,4-7H2,1-3H3,(H2,12,13,14,15). The van der Waals surface area contributed by atoms with Crippen LogP contribution in [0.3, 0.4) is 0 Å². The Kier molecular flexibility index (Phi) is 8.46. The van der Waals surface area contributed by atoms with Crippen molar-refractivity contribution in [1.82, 2.24) is 16.0 Å². The van der Waals surface area contributed by atoms with Crippen molar-refractivity contribution in [3.05, 3.63) is 0 Å². The highest BCUT2D eigenvalue weighted by Gasteiger charge is 2.15. The van der Waals surface area contributed by atoms with Gasteiger partial charge in [0, 0.05) is 13.1 Å². The third kappa shape index (κ3) is 7.19. The molecule has 0 saturated heterocycles. The summed E-state index contributed by atoms with van der Waals surface area (Å²) in [5, 5.41) is 7.72. The van der Waals surface area contributed by atoms with E-state index < -0.39 is 18.0 Å². The number of amides is 3. The second kappa shape index (κ2) is 9.11. The Labute approximate surface area is 96.1 Å². The smallest absolute Gasteiger partial charge is 0.321 e. The van der Waals surface area contributed by atoms with E-state index >= 15 is 0 Å². The third-order valence-electron chi connectivity index (χ3n) is 1.84. The van der Waals surface area contributed by atoms with Crippen molar-refractivity contribution in [1.29, 1.82) is 0 Å². The second-order valence-electron chi connectivity index (χ2n) is 3.22. The molecule has 0 aromatic carbocycles. The third-order valence-corrected chi connectivity index (χ3v) is 1.84. The van der Waals surface area contributed by atoms with Gasteiger partial charge in [0.15, 0.2) is 0 Å². The molecule has 0 aliphatic heterocycles. The number of nitrogens with one attached hydrogen (secondary N) is 3. The molecule has 0 aliphatic carbocycles. The summed E-state index contributed by atoms with van der Waals surface area (Å²) < 4.78 is 5.23. The predicted octanol–water partition coefficient (Wildman–Crippen LogP) is -0.153. The fourth-order valence-corrected chi connectivity index (χ4v) is 0.979. The number of carbonyl (C=O) groups excluding carboxylic acids is 2. The van der Waals surface area contributed by atoms with Crippen molar-refractivity contribution < 1.29 is 14.3 Å². The molecule has 0 radical (unpaired) electrons. The molecule has 6 nitrogen and oxygen atoms in total. The van der Waals surface area contributed by atoms with Gasteiger partial charge in [-0.3, -0.25) is 10.1 Å². The van der Waals surface area contributed by atoms with Crippen LogP contribution in [-0.4, -0.2) is 44.3 Å². The molecule has 94 valence electrons. The molecular formula is C10H21N3O3. The van der Waals surface area contributed by atoms with E-state index in [1.165, 1.54) is 0 Å². The Morgan fingerprint density at radius 2 is 1.94 bits per heavy atom. The first-order valence-electron chi connectivity index (χ1n) is 5.52. The number of hydrogen-bond acceptors (Lipinski definition) is 4. The van der Waals surface area contributed by atoms with Gasteiger partial charge in [0.2, 0.25) is 0 Å². The monoisotopic (exact) mass is 231 g/mol. The first-order valence-corrected chi connectivity index (χ1v) is 5.52. The van der Waals surface area contributed by atoms with Crippen molar-refractivity contribution in [2.24, 2.45) is 0 Å². The molecule has 3 amide bonds. The number of imide groups is 1. The highest BCUT2D eigenvalue weighted by atomic mass is 16.5. The Hall–Kier alpha value is -1.14. The molecule has 3 N–H and O–H groups in total. The molecule has 1 unspecified atom stereocenters. The largest absolute Gasteiger partial charge is 0.367 e.